The summed E-state index contributed by atoms with van der Waals surface area (Å²) in [6, 6.07) is 9.11. The highest BCUT2D eigenvalue weighted by Gasteiger charge is 2.50. The molecule has 5 rings (SSSR count). The van der Waals surface area contributed by atoms with Gasteiger partial charge in [0.2, 0.25) is 5.91 Å². The number of rotatable bonds is 3. The Labute approximate surface area is 167 Å². The van der Waals surface area contributed by atoms with Crippen molar-refractivity contribution < 1.29 is 9.90 Å². The Bertz CT molecular complexity index is 785. The van der Waals surface area contributed by atoms with Crippen LogP contribution in [0.1, 0.15) is 55.6 Å². The molecule has 4 aliphatic rings. The van der Waals surface area contributed by atoms with Crippen molar-refractivity contribution in [2.45, 2.75) is 56.5 Å². The molecule has 2 aliphatic heterocycles. The number of aliphatic hydroxyl groups is 1. The van der Waals surface area contributed by atoms with Crippen molar-refractivity contribution in [3.8, 4) is 11.8 Å². The number of carbonyl (C=O) groups excluding carboxylic acids is 1. The van der Waals surface area contributed by atoms with E-state index in [4.69, 9.17) is 0 Å². The van der Waals surface area contributed by atoms with Crippen LogP contribution in [0.5, 0.6) is 0 Å². The van der Waals surface area contributed by atoms with E-state index in [1.165, 1.54) is 18.4 Å². The Morgan fingerprint density at radius 3 is 2.50 bits per heavy atom. The fraction of sp³-hybridized carbons (Fsp3) is 0.625. The van der Waals surface area contributed by atoms with Gasteiger partial charge in [-0.25, -0.2) is 0 Å². The number of fused-ring (bicyclic) bond motifs is 1. The quantitative estimate of drug-likeness (QED) is 0.823. The molecule has 1 N–H and O–H groups in total. The molecule has 0 aromatic heterocycles. The number of nitrogens with zero attached hydrogens (tertiary/aromatic N) is 2. The average Bonchev–Trinajstić information content (AvgIpc) is 3.59. The van der Waals surface area contributed by atoms with Crippen molar-refractivity contribution >= 4 is 5.91 Å². The van der Waals surface area contributed by atoms with E-state index in [1.807, 2.05) is 0 Å². The number of hydrogen-bond donors (Lipinski definition) is 1. The summed E-state index contributed by atoms with van der Waals surface area (Å²) in [7, 11) is 0. The highest BCUT2D eigenvalue weighted by Crippen LogP contribution is 2.42. The van der Waals surface area contributed by atoms with Gasteiger partial charge in [-0.05, 0) is 62.8 Å². The summed E-state index contributed by atoms with van der Waals surface area (Å²) < 4.78 is 0. The molecule has 3 atom stereocenters. The zero-order chi connectivity index (χ0) is 19.1. The smallest absolute Gasteiger partial charge is 0.225 e. The number of aliphatic hydroxyl groups excluding tert-OH is 1. The van der Waals surface area contributed by atoms with Crippen LogP contribution in [0.15, 0.2) is 24.3 Å². The molecule has 0 unspecified atom stereocenters. The van der Waals surface area contributed by atoms with Crippen LogP contribution in [0, 0.1) is 23.7 Å². The minimum absolute atomic E-state index is 0.171. The molecule has 0 spiro atoms. The monoisotopic (exact) mass is 378 g/mol. The van der Waals surface area contributed by atoms with Crippen LogP contribution in [0.3, 0.4) is 0 Å². The molecule has 4 heteroatoms. The molecule has 1 amide bonds. The topological polar surface area (TPSA) is 43.8 Å². The summed E-state index contributed by atoms with van der Waals surface area (Å²) in [6.07, 6.45) is 6.80. The van der Waals surface area contributed by atoms with Gasteiger partial charge >= 0.3 is 0 Å². The molecule has 2 aliphatic carbocycles. The number of benzene rings is 1. The van der Waals surface area contributed by atoms with E-state index in [-0.39, 0.29) is 18.6 Å². The summed E-state index contributed by atoms with van der Waals surface area (Å²) in [5.74, 6) is 8.16. The molecule has 148 valence electrons. The van der Waals surface area contributed by atoms with Gasteiger partial charge in [0, 0.05) is 48.5 Å². The molecule has 2 saturated carbocycles. The second kappa shape index (κ2) is 7.54. The van der Waals surface area contributed by atoms with Crippen LogP contribution in [-0.4, -0.2) is 59.1 Å². The molecule has 1 aromatic carbocycles. The maximum absolute atomic E-state index is 12.7. The van der Waals surface area contributed by atoms with Crippen LogP contribution in [0.4, 0.5) is 0 Å². The first kappa shape index (κ1) is 18.2. The Kier molecular flexibility index (Phi) is 4.90. The van der Waals surface area contributed by atoms with Crippen LogP contribution >= 0.6 is 0 Å². The lowest BCUT2D eigenvalue weighted by Crippen LogP contribution is -2.68. The van der Waals surface area contributed by atoms with E-state index < -0.39 is 0 Å². The predicted molar refractivity (Wildman–Crippen MR) is 109 cm³/mol. The first-order chi connectivity index (χ1) is 13.7. The minimum atomic E-state index is 0.171. The second-order valence-corrected chi connectivity index (χ2v) is 9.01. The highest BCUT2D eigenvalue weighted by molar-refractivity contribution is 5.81. The van der Waals surface area contributed by atoms with Crippen molar-refractivity contribution in [1.82, 2.24) is 9.80 Å². The van der Waals surface area contributed by atoms with E-state index in [0.29, 0.717) is 23.8 Å². The van der Waals surface area contributed by atoms with Gasteiger partial charge in [-0.1, -0.05) is 24.0 Å². The van der Waals surface area contributed by atoms with Gasteiger partial charge in [-0.15, -0.1) is 0 Å². The van der Waals surface area contributed by atoms with E-state index >= 15 is 0 Å². The fourth-order valence-electron chi connectivity index (χ4n) is 4.93. The summed E-state index contributed by atoms with van der Waals surface area (Å²) in [5, 5.41) is 10.1. The van der Waals surface area contributed by atoms with Gasteiger partial charge in [0.05, 0.1) is 6.61 Å². The first-order valence-corrected chi connectivity index (χ1v) is 11.0. The van der Waals surface area contributed by atoms with Gasteiger partial charge in [0.15, 0.2) is 0 Å². The maximum Gasteiger partial charge on any atom is 0.225 e. The van der Waals surface area contributed by atoms with Crippen LogP contribution in [0.2, 0.25) is 0 Å². The molecule has 4 nitrogen and oxygen atoms in total. The van der Waals surface area contributed by atoms with Crippen molar-refractivity contribution in [2.24, 2.45) is 11.8 Å². The Morgan fingerprint density at radius 2 is 1.82 bits per heavy atom. The number of amides is 1. The van der Waals surface area contributed by atoms with Gasteiger partial charge in [0.1, 0.15) is 0 Å². The van der Waals surface area contributed by atoms with Gasteiger partial charge in [-0.3, -0.25) is 9.69 Å². The maximum atomic E-state index is 12.7. The summed E-state index contributed by atoms with van der Waals surface area (Å²) >= 11 is 0. The normalized spacial score (nSPS) is 30.3. The zero-order valence-corrected chi connectivity index (χ0v) is 16.5. The average molecular weight is 379 g/mol. The van der Waals surface area contributed by atoms with E-state index in [9.17, 15) is 9.90 Å². The summed E-state index contributed by atoms with van der Waals surface area (Å²) in [5.41, 5.74) is 2.35. The lowest BCUT2D eigenvalue weighted by atomic mass is 9.74. The molecular formula is C24H30N2O2. The largest absolute Gasteiger partial charge is 0.395 e. The van der Waals surface area contributed by atoms with Crippen molar-refractivity contribution in [2.75, 3.05) is 26.2 Å². The molecule has 0 bridgehead atoms. The molecule has 4 fully saturated rings. The molecular weight excluding hydrogens is 348 g/mol. The van der Waals surface area contributed by atoms with Crippen molar-refractivity contribution in [3.63, 3.8) is 0 Å². The lowest BCUT2D eigenvalue weighted by Gasteiger charge is -2.57. The first-order valence-electron chi connectivity index (χ1n) is 11.0. The Balaban J connectivity index is 1.34. The molecule has 0 radical (unpaired) electrons. The fourth-order valence-corrected chi connectivity index (χ4v) is 4.93. The predicted octanol–water partition coefficient (Wildman–Crippen LogP) is 2.61. The van der Waals surface area contributed by atoms with Gasteiger partial charge in [0.25, 0.3) is 0 Å². The Morgan fingerprint density at radius 1 is 1.07 bits per heavy atom. The van der Waals surface area contributed by atoms with E-state index in [0.717, 1.165) is 50.9 Å². The van der Waals surface area contributed by atoms with Crippen LogP contribution in [-0.2, 0) is 4.79 Å². The van der Waals surface area contributed by atoms with Gasteiger partial charge < -0.3 is 10.0 Å². The molecule has 2 saturated heterocycles. The third-order valence-electron chi connectivity index (χ3n) is 6.90. The van der Waals surface area contributed by atoms with Crippen LogP contribution < -0.4 is 0 Å². The van der Waals surface area contributed by atoms with Crippen LogP contribution in [0.25, 0.3) is 0 Å². The summed E-state index contributed by atoms with van der Waals surface area (Å²) in [6.45, 7) is 2.91. The number of hydrogen-bond acceptors (Lipinski definition) is 3. The second-order valence-electron chi connectivity index (χ2n) is 9.01. The minimum Gasteiger partial charge on any atom is -0.395 e. The summed E-state index contributed by atoms with van der Waals surface area (Å²) in [4.78, 5) is 17.3. The highest BCUT2D eigenvalue weighted by atomic mass is 16.3. The third kappa shape index (κ3) is 3.58. The van der Waals surface area contributed by atoms with E-state index in [2.05, 4.69) is 45.9 Å². The number of carbonyl (C=O) groups is 1. The molecule has 28 heavy (non-hydrogen) atoms. The van der Waals surface area contributed by atoms with Gasteiger partial charge in [-0.2, -0.15) is 0 Å². The molecule has 1 aromatic rings. The van der Waals surface area contributed by atoms with Crippen molar-refractivity contribution in [1.29, 1.82) is 0 Å². The lowest BCUT2D eigenvalue weighted by molar-refractivity contribution is -0.137. The van der Waals surface area contributed by atoms with E-state index in [1.54, 1.807) is 0 Å². The SMILES string of the molecule is O=C(C1CC1)N1CCCCN2[C@H](C1)[C@H](c1ccc(C#CC3CC3)cc1)[C@@H]2CO. The Hall–Kier alpha value is -1.83. The zero-order valence-electron chi connectivity index (χ0n) is 16.5. The standard InChI is InChI=1S/C24H30N2O2/c27-16-22-23(19-9-7-18(8-10-19)6-5-17-3-4-17)21-15-25(24(28)20-11-12-20)13-1-2-14-26(21)22/h7-10,17,20-23,27H,1-4,11-16H2/t21-,22+,23+/m1/s1. The van der Waals surface area contributed by atoms with Crippen molar-refractivity contribution in [3.05, 3.63) is 35.4 Å². The third-order valence-corrected chi connectivity index (χ3v) is 6.90. The molecule has 2 heterocycles.